The minimum atomic E-state index is -0.0625. The number of ketones is 1. The van der Waals surface area contributed by atoms with Crippen LogP contribution in [0.2, 0.25) is 0 Å². The van der Waals surface area contributed by atoms with Gasteiger partial charge in [0.05, 0.1) is 11.8 Å². The molecule has 1 heterocycles. The van der Waals surface area contributed by atoms with Crippen LogP contribution in [-0.2, 0) is 13.7 Å². The fourth-order valence-electron chi connectivity index (χ4n) is 2.23. The third kappa shape index (κ3) is 4.20. The van der Waals surface area contributed by atoms with Gasteiger partial charge < -0.3 is 4.74 Å². The molecule has 0 aliphatic rings. The van der Waals surface area contributed by atoms with Crippen molar-refractivity contribution in [2.45, 2.75) is 6.61 Å². The lowest BCUT2D eigenvalue weighted by Gasteiger charge is -2.06. The van der Waals surface area contributed by atoms with E-state index in [-0.39, 0.29) is 5.78 Å². The second-order valence-corrected chi connectivity index (χ2v) is 5.44. The van der Waals surface area contributed by atoms with Crippen LogP contribution in [0.5, 0.6) is 5.75 Å². The van der Waals surface area contributed by atoms with Crippen molar-refractivity contribution >= 4 is 11.9 Å². The average molecular weight is 318 g/mol. The number of aromatic nitrogens is 2. The Hall–Kier alpha value is -3.14. The molecule has 3 rings (SSSR count). The minimum Gasteiger partial charge on any atom is -0.489 e. The number of hydrogen-bond donors (Lipinski definition) is 0. The summed E-state index contributed by atoms with van der Waals surface area (Å²) in [7, 11) is 1.79. The first kappa shape index (κ1) is 15.7. The van der Waals surface area contributed by atoms with Crippen molar-refractivity contribution in [3.8, 4) is 5.75 Å². The predicted molar refractivity (Wildman–Crippen MR) is 93.8 cm³/mol. The smallest absolute Gasteiger partial charge is 0.189 e. The Morgan fingerprint density at radius 2 is 1.88 bits per heavy atom. The second kappa shape index (κ2) is 7.42. The summed E-state index contributed by atoms with van der Waals surface area (Å²) in [6.07, 6.45) is 6.60. The van der Waals surface area contributed by atoms with Gasteiger partial charge in [-0.25, -0.2) is 0 Å². The van der Waals surface area contributed by atoms with Crippen LogP contribution in [-0.4, -0.2) is 15.6 Å². The highest BCUT2D eigenvalue weighted by Gasteiger charge is 2.03. The summed E-state index contributed by atoms with van der Waals surface area (Å²) in [5, 5.41) is 4.00. The van der Waals surface area contributed by atoms with Gasteiger partial charge in [0.15, 0.2) is 5.78 Å². The van der Waals surface area contributed by atoms with Crippen LogP contribution in [0, 0.1) is 0 Å². The molecule has 0 N–H and O–H groups in total. The largest absolute Gasteiger partial charge is 0.489 e. The molecule has 0 aliphatic heterocycles. The predicted octanol–water partition coefficient (Wildman–Crippen LogP) is 3.90. The van der Waals surface area contributed by atoms with E-state index < -0.39 is 0 Å². The number of nitrogens with zero attached hydrogens (tertiary/aromatic N) is 2. The molecule has 0 saturated heterocycles. The Kier molecular flexibility index (Phi) is 4.87. The molecule has 0 atom stereocenters. The van der Waals surface area contributed by atoms with Crippen molar-refractivity contribution < 1.29 is 9.53 Å². The highest BCUT2D eigenvalue weighted by atomic mass is 16.5. The van der Waals surface area contributed by atoms with E-state index in [1.165, 1.54) is 0 Å². The van der Waals surface area contributed by atoms with Gasteiger partial charge in [0.25, 0.3) is 0 Å². The molecule has 0 spiro atoms. The molecule has 3 aromatic rings. The first-order valence-corrected chi connectivity index (χ1v) is 7.68. The number of rotatable bonds is 6. The fourth-order valence-corrected chi connectivity index (χ4v) is 2.23. The van der Waals surface area contributed by atoms with E-state index in [1.54, 1.807) is 36.3 Å². The van der Waals surface area contributed by atoms with Crippen LogP contribution >= 0.6 is 0 Å². The summed E-state index contributed by atoms with van der Waals surface area (Å²) in [5.74, 6) is 0.738. The van der Waals surface area contributed by atoms with Gasteiger partial charge in [0.1, 0.15) is 12.4 Å². The van der Waals surface area contributed by atoms with Crippen molar-refractivity contribution in [2.24, 2.45) is 7.05 Å². The lowest BCUT2D eigenvalue weighted by Crippen LogP contribution is -1.94. The number of carbonyl (C=O) groups excluding carboxylic acids is 1. The van der Waals surface area contributed by atoms with E-state index in [2.05, 4.69) is 5.10 Å². The number of benzene rings is 2. The molecule has 4 heteroatoms. The monoisotopic (exact) mass is 318 g/mol. The van der Waals surface area contributed by atoms with Crippen molar-refractivity contribution in [2.75, 3.05) is 0 Å². The number of hydrogen-bond acceptors (Lipinski definition) is 3. The highest BCUT2D eigenvalue weighted by Crippen LogP contribution is 2.15. The van der Waals surface area contributed by atoms with Gasteiger partial charge in [-0.3, -0.25) is 9.48 Å². The van der Waals surface area contributed by atoms with Gasteiger partial charge in [0.2, 0.25) is 0 Å². The third-order valence-electron chi connectivity index (χ3n) is 3.54. The number of ether oxygens (including phenoxy) is 1. The van der Waals surface area contributed by atoms with Crippen molar-refractivity contribution in [3.63, 3.8) is 0 Å². The Morgan fingerprint density at radius 3 is 2.54 bits per heavy atom. The molecule has 0 aliphatic carbocycles. The maximum Gasteiger partial charge on any atom is 0.189 e. The lowest BCUT2D eigenvalue weighted by molar-refractivity contribution is 0.104. The zero-order valence-corrected chi connectivity index (χ0v) is 13.4. The highest BCUT2D eigenvalue weighted by molar-refractivity contribution is 6.06. The fraction of sp³-hybridized carbons (Fsp3) is 0.100. The van der Waals surface area contributed by atoms with Crippen LogP contribution in [0.15, 0.2) is 73.1 Å². The summed E-state index contributed by atoms with van der Waals surface area (Å²) in [6.45, 7) is 0.537. The third-order valence-corrected chi connectivity index (χ3v) is 3.54. The van der Waals surface area contributed by atoms with E-state index in [4.69, 9.17) is 4.74 Å². The quantitative estimate of drug-likeness (QED) is 0.511. The summed E-state index contributed by atoms with van der Waals surface area (Å²) < 4.78 is 7.35. The molecular formula is C20H18N2O2. The normalized spacial score (nSPS) is 10.9. The van der Waals surface area contributed by atoms with Crippen LogP contribution in [0.1, 0.15) is 21.5 Å². The van der Waals surface area contributed by atoms with E-state index in [0.29, 0.717) is 12.2 Å². The van der Waals surface area contributed by atoms with Crippen molar-refractivity contribution in [1.29, 1.82) is 0 Å². The first-order chi connectivity index (χ1) is 11.7. The van der Waals surface area contributed by atoms with Crippen molar-refractivity contribution in [3.05, 3.63) is 89.8 Å². The Labute approximate surface area is 141 Å². The molecule has 24 heavy (non-hydrogen) atoms. The molecule has 4 nitrogen and oxygen atoms in total. The molecule has 0 saturated carbocycles. The summed E-state index contributed by atoms with van der Waals surface area (Å²) in [5.41, 5.74) is 2.65. The molecular weight excluding hydrogens is 300 g/mol. The van der Waals surface area contributed by atoms with Crippen LogP contribution in [0.25, 0.3) is 6.08 Å². The first-order valence-electron chi connectivity index (χ1n) is 7.68. The topological polar surface area (TPSA) is 44.1 Å². The van der Waals surface area contributed by atoms with E-state index in [9.17, 15) is 4.79 Å². The van der Waals surface area contributed by atoms with Gasteiger partial charge in [-0.15, -0.1) is 0 Å². The van der Waals surface area contributed by atoms with Gasteiger partial charge in [-0.05, 0) is 29.3 Å². The zero-order chi connectivity index (χ0) is 16.8. The molecule has 1 aromatic heterocycles. The SMILES string of the molecule is Cn1cc(C(=O)C=Cc2ccc(OCc3ccccc3)cc2)cn1. The van der Waals surface area contributed by atoms with E-state index in [1.807, 2.05) is 54.6 Å². The van der Waals surface area contributed by atoms with Gasteiger partial charge in [0, 0.05) is 13.2 Å². The maximum absolute atomic E-state index is 12.0. The van der Waals surface area contributed by atoms with Crippen LogP contribution in [0.3, 0.4) is 0 Å². The van der Waals surface area contributed by atoms with Gasteiger partial charge in [-0.2, -0.15) is 5.10 Å². The molecule has 0 amide bonds. The standard InChI is InChI=1S/C20H18N2O2/c1-22-14-18(13-21-22)20(23)12-9-16-7-10-19(11-8-16)24-15-17-5-3-2-4-6-17/h2-14H,15H2,1H3. The summed E-state index contributed by atoms with van der Waals surface area (Å²) in [6, 6.07) is 17.7. The van der Waals surface area contributed by atoms with E-state index in [0.717, 1.165) is 16.9 Å². The Balaban J connectivity index is 1.58. The summed E-state index contributed by atoms with van der Waals surface area (Å²) in [4.78, 5) is 12.0. The molecule has 0 bridgehead atoms. The molecule has 0 radical (unpaired) electrons. The second-order valence-electron chi connectivity index (χ2n) is 5.44. The van der Waals surface area contributed by atoms with Crippen LogP contribution in [0.4, 0.5) is 0 Å². The molecule has 2 aromatic carbocycles. The Morgan fingerprint density at radius 1 is 1.12 bits per heavy atom. The van der Waals surface area contributed by atoms with E-state index >= 15 is 0 Å². The van der Waals surface area contributed by atoms with Gasteiger partial charge in [-0.1, -0.05) is 48.5 Å². The minimum absolute atomic E-state index is 0.0625. The molecule has 120 valence electrons. The molecule has 0 fully saturated rings. The summed E-state index contributed by atoms with van der Waals surface area (Å²) >= 11 is 0. The zero-order valence-electron chi connectivity index (χ0n) is 13.4. The Bertz CT molecular complexity index is 834. The van der Waals surface area contributed by atoms with Crippen LogP contribution < -0.4 is 4.74 Å². The maximum atomic E-state index is 12.0. The lowest BCUT2D eigenvalue weighted by atomic mass is 10.1. The van der Waals surface area contributed by atoms with Gasteiger partial charge >= 0.3 is 0 Å². The number of carbonyl (C=O) groups is 1. The van der Waals surface area contributed by atoms with Crippen molar-refractivity contribution in [1.82, 2.24) is 9.78 Å². The molecule has 0 unspecified atom stereocenters. The number of allylic oxidation sites excluding steroid dienone is 1. The number of aryl methyl sites for hydroxylation is 1. The average Bonchev–Trinajstić information content (AvgIpc) is 3.06.